The Hall–Kier alpha value is -3.42. The summed E-state index contributed by atoms with van der Waals surface area (Å²) in [6.45, 7) is 2.01. The van der Waals surface area contributed by atoms with Crippen molar-refractivity contribution in [3.8, 4) is 17.6 Å². The SMILES string of the molecule is COc1cc(/C=C(\C#N)C(=O)Nc2nccs2)ccc1OCC(=O)N1CCOCC1. The van der Waals surface area contributed by atoms with E-state index in [-0.39, 0.29) is 18.1 Å². The van der Waals surface area contributed by atoms with Crippen LogP contribution in [0, 0.1) is 11.3 Å². The van der Waals surface area contributed by atoms with Crippen LogP contribution in [0.15, 0.2) is 35.3 Å². The molecule has 0 atom stereocenters. The molecule has 0 unspecified atom stereocenters. The fraction of sp³-hybridized carbons (Fsp3) is 0.300. The number of anilines is 1. The second-order valence-electron chi connectivity index (χ2n) is 6.15. The molecule has 1 aliphatic heterocycles. The predicted molar refractivity (Wildman–Crippen MR) is 110 cm³/mol. The van der Waals surface area contributed by atoms with Crippen molar-refractivity contribution in [1.82, 2.24) is 9.88 Å². The van der Waals surface area contributed by atoms with Crippen LogP contribution in [0.5, 0.6) is 11.5 Å². The maximum atomic E-state index is 12.3. The Kier molecular flexibility index (Phi) is 7.37. The minimum atomic E-state index is -0.553. The van der Waals surface area contributed by atoms with Crippen LogP contribution in [-0.2, 0) is 14.3 Å². The van der Waals surface area contributed by atoms with Crippen molar-refractivity contribution in [2.45, 2.75) is 0 Å². The number of nitrogens with zero attached hydrogens (tertiary/aromatic N) is 3. The third-order valence-corrected chi connectivity index (χ3v) is 4.92. The molecule has 2 heterocycles. The van der Waals surface area contributed by atoms with E-state index in [4.69, 9.17) is 14.2 Å². The maximum absolute atomic E-state index is 12.3. The Labute approximate surface area is 177 Å². The van der Waals surface area contributed by atoms with Gasteiger partial charge < -0.3 is 19.1 Å². The highest BCUT2D eigenvalue weighted by Crippen LogP contribution is 2.29. The number of carbonyl (C=O) groups excluding carboxylic acids is 2. The van der Waals surface area contributed by atoms with Crippen LogP contribution < -0.4 is 14.8 Å². The van der Waals surface area contributed by atoms with Gasteiger partial charge in [0, 0.05) is 24.7 Å². The lowest BCUT2D eigenvalue weighted by Gasteiger charge is -2.26. The number of hydrogen-bond acceptors (Lipinski definition) is 8. The van der Waals surface area contributed by atoms with Crippen molar-refractivity contribution in [1.29, 1.82) is 5.26 Å². The van der Waals surface area contributed by atoms with Crippen molar-refractivity contribution in [3.05, 3.63) is 40.9 Å². The molecule has 2 aromatic rings. The van der Waals surface area contributed by atoms with Crippen molar-refractivity contribution in [3.63, 3.8) is 0 Å². The van der Waals surface area contributed by atoms with Gasteiger partial charge in [-0.3, -0.25) is 14.9 Å². The molecule has 0 aliphatic carbocycles. The number of benzene rings is 1. The molecular weight excluding hydrogens is 408 g/mol. The first kappa shape index (κ1) is 21.3. The molecule has 156 valence electrons. The largest absolute Gasteiger partial charge is 0.493 e. The molecule has 1 saturated heterocycles. The molecule has 9 nitrogen and oxygen atoms in total. The summed E-state index contributed by atoms with van der Waals surface area (Å²) in [7, 11) is 1.47. The maximum Gasteiger partial charge on any atom is 0.268 e. The van der Waals surface area contributed by atoms with Gasteiger partial charge in [-0.2, -0.15) is 5.26 Å². The first-order chi connectivity index (χ1) is 14.6. The number of ether oxygens (including phenoxy) is 3. The third-order valence-electron chi connectivity index (χ3n) is 4.23. The molecule has 3 rings (SSSR count). The zero-order valence-electron chi connectivity index (χ0n) is 16.3. The number of hydrogen-bond donors (Lipinski definition) is 1. The quantitative estimate of drug-likeness (QED) is 0.529. The minimum absolute atomic E-state index is 0.0802. The third kappa shape index (κ3) is 5.56. The van der Waals surface area contributed by atoms with Gasteiger partial charge in [0.25, 0.3) is 11.8 Å². The highest BCUT2D eigenvalue weighted by atomic mass is 32.1. The van der Waals surface area contributed by atoms with Crippen molar-refractivity contribution >= 4 is 34.4 Å². The van der Waals surface area contributed by atoms with E-state index >= 15 is 0 Å². The molecule has 10 heteroatoms. The van der Waals surface area contributed by atoms with Gasteiger partial charge in [0.1, 0.15) is 11.6 Å². The molecular formula is C20H20N4O5S. The molecule has 1 fully saturated rings. The number of nitriles is 1. The lowest BCUT2D eigenvalue weighted by Crippen LogP contribution is -2.43. The minimum Gasteiger partial charge on any atom is -0.493 e. The zero-order chi connectivity index (χ0) is 21.3. The fourth-order valence-corrected chi connectivity index (χ4v) is 3.23. The average Bonchev–Trinajstić information content (AvgIpc) is 3.29. The molecule has 1 aromatic heterocycles. The normalized spacial score (nSPS) is 14.0. The molecule has 2 amide bonds. The number of rotatable bonds is 7. The molecule has 0 bridgehead atoms. The van der Waals surface area contributed by atoms with E-state index < -0.39 is 5.91 Å². The second kappa shape index (κ2) is 10.4. The van der Waals surface area contributed by atoms with Crippen molar-refractivity contribution < 1.29 is 23.8 Å². The van der Waals surface area contributed by atoms with Crippen LogP contribution in [0.3, 0.4) is 0 Å². The van der Waals surface area contributed by atoms with E-state index in [9.17, 15) is 14.9 Å². The molecule has 0 radical (unpaired) electrons. The van der Waals surface area contributed by atoms with Gasteiger partial charge in [0.05, 0.1) is 20.3 Å². The number of methoxy groups -OCH3 is 1. The van der Waals surface area contributed by atoms with Gasteiger partial charge in [-0.05, 0) is 23.8 Å². The summed E-state index contributed by atoms with van der Waals surface area (Å²) < 4.78 is 16.2. The lowest BCUT2D eigenvalue weighted by molar-refractivity contribution is -0.137. The summed E-state index contributed by atoms with van der Waals surface area (Å²) in [6, 6.07) is 6.81. The molecule has 1 aliphatic rings. The Morgan fingerprint density at radius 1 is 1.37 bits per heavy atom. The number of carbonyl (C=O) groups is 2. The summed E-state index contributed by atoms with van der Waals surface area (Å²) in [6.07, 6.45) is 3.00. The van der Waals surface area contributed by atoms with Gasteiger partial charge in [0.2, 0.25) is 0 Å². The molecule has 30 heavy (non-hydrogen) atoms. The summed E-state index contributed by atoms with van der Waals surface area (Å²) in [5.41, 5.74) is 0.493. The number of thiazole rings is 1. The van der Waals surface area contributed by atoms with Gasteiger partial charge in [-0.1, -0.05) is 6.07 Å². The fourth-order valence-electron chi connectivity index (χ4n) is 2.70. The summed E-state index contributed by atoms with van der Waals surface area (Å²) in [5, 5.41) is 14.0. The second-order valence-corrected chi connectivity index (χ2v) is 7.05. The van der Waals surface area contributed by atoms with Crippen LogP contribution in [-0.4, -0.2) is 61.7 Å². The van der Waals surface area contributed by atoms with E-state index in [1.807, 2.05) is 6.07 Å². The zero-order valence-corrected chi connectivity index (χ0v) is 17.1. The molecule has 1 N–H and O–H groups in total. The highest BCUT2D eigenvalue weighted by Gasteiger charge is 2.18. The average molecular weight is 428 g/mol. The van der Waals surface area contributed by atoms with E-state index in [1.54, 1.807) is 34.7 Å². The Bertz CT molecular complexity index is 962. The lowest BCUT2D eigenvalue weighted by atomic mass is 10.1. The van der Waals surface area contributed by atoms with Crippen LogP contribution in [0.2, 0.25) is 0 Å². The summed E-state index contributed by atoms with van der Waals surface area (Å²) >= 11 is 1.26. The number of amides is 2. The van der Waals surface area contributed by atoms with Crippen LogP contribution in [0.4, 0.5) is 5.13 Å². The highest BCUT2D eigenvalue weighted by molar-refractivity contribution is 7.13. The number of nitrogens with one attached hydrogen (secondary N) is 1. The van der Waals surface area contributed by atoms with E-state index in [0.29, 0.717) is 48.5 Å². The summed E-state index contributed by atoms with van der Waals surface area (Å²) in [5.74, 6) is 0.0935. The molecule has 0 saturated carbocycles. The first-order valence-electron chi connectivity index (χ1n) is 9.09. The van der Waals surface area contributed by atoms with Crippen molar-refractivity contribution in [2.75, 3.05) is 45.3 Å². The van der Waals surface area contributed by atoms with Crippen LogP contribution in [0.1, 0.15) is 5.56 Å². The first-order valence-corrected chi connectivity index (χ1v) is 9.97. The van der Waals surface area contributed by atoms with Gasteiger partial charge in [0.15, 0.2) is 23.2 Å². The topological polar surface area (TPSA) is 114 Å². The van der Waals surface area contributed by atoms with E-state index in [0.717, 1.165) is 0 Å². The Balaban J connectivity index is 1.67. The Morgan fingerprint density at radius 3 is 2.83 bits per heavy atom. The van der Waals surface area contributed by atoms with Crippen LogP contribution >= 0.6 is 11.3 Å². The Morgan fingerprint density at radius 2 is 2.17 bits per heavy atom. The van der Waals surface area contributed by atoms with E-state index in [2.05, 4.69) is 10.3 Å². The van der Waals surface area contributed by atoms with Gasteiger partial charge in [-0.15, -0.1) is 11.3 Å². The monoisotopic (exact) mass is 428 g/mol. The standard InChI is InChI=1S/C20H20N4O5S/c1-27-17-11-14(10-15(12-21)19(26)23-20-22-4-9-30-20)2-3-16(17)29-13-18(25)24-5-7-28-8-6-24/h2-4,9-11H,5-8,13H2,1H3,(H,22,23,26)/b15-10+. The summed E-state index contributed by atoms with van der Waals surface area (Å²) in [4.78, 5) is 30.1. The molecule has 1 aromatic carbocycles. The van der Waals surface area contributed by atoms with Crippen LogP contribution in [0.25, 0.3) is 6.08 Å². The number of morpholine rings is 1. The van der Waals surface area contributed by atoms with E-state index in [1.165, 1.54) is 24.5 Å². The van der Waals surface area contributed by atoms with Crippen molar-refractivity contribution in [2.24, 2.45) is 0 Å². The van der Waals surface area contributed by atoms with Gasteiger partial charge >= 0.3 is 0 Å². The predicted octanol–water partition coefficient (Wildman–Crippen LogP) is 1.93. The smallest absolute Gasteiger partial charge is 0.268 e. The number of aromatic nitrogens is 1. The van der Waals surface area contributed by atoms with Gasteiger partial charge in [-0.25, -0.2) is 4.98 Å². The molecule has 0 spiro atoms.